The molecule has 1 aromatic carbocycles. The first-order chi connectivity index (χ1) is 9.52. The van der Waals surface area contributed by atoms with Crippen molar-refractivity contribution >= 4 is 23.3 Å². The van der Waals surface area contributed by atoms with E-state index in [1.54, 1.807) is 12.1 Å². The van der Waals surface area contributed by atoms with Gasteiger partial charge in [-0.1, -0.05) is 0 Å². The lowest BCUT2D eigenvalue weighted by molar-refractivity contribution is -0.122. The van der Waals surface area contributed by atoms with Crippen molar-refractivity contribution < 1.29 is 14.3 Å². The minimum Gasteiger partial charge on any atom is -0.465 e. The van der Waals surface area contributed by atoms with Gasteiger partial charge in [0.25, 0.3) is 0 Å². The highest BCUT2D eigenvalue weighted by Gasteiger charge is 2.24. The molecule has 20 heavy (non-hydrogen) atoms. The van der Waals surface area contributed by atoms with Crippen molar-refractivity contribution in [2.45, 2.75) is 12.8 Å². The number of benzene rings is 1. The number of piperidine rings is 1. The smallest absolute Gasteiger partial charge is 0.340 e. The topological polar surface area (TPSA) is 98.6 Å². The number of nitrogens with two attached hydrogens (primary N) is 2. The Morgan fingerprint density at radius 2 is 2.15 bits per heavy atom. The summed E-state index contributed by atoms with van der Waals surface area (Å²) in [5.41, 5.74) is 12.7. The van der Waals surface area contributed by atoms with Crippen LogP contribution in [0.15, 0.2) is 18.2 Å². The summed E-state index contributed by atoms with van der Waals surface area (Å²) in [7, 11) is 1.32. The van der Waals surface area contributed by atoms with Crippen molar-refractivity contribution in [3.63, 3.8) is 0 Å². The Morgan fingerprint density at radius 3 is 2.80 bits per heavy atom. The molecule has 1 heterocycles. The molecule has 1 unspecified atom stereocenters. The van der Waals surface area contributed by atoms with E-state index >= 15 is 0 Å². The molecule has 1 fully saturated rings. The van der Waals surface area contributed by atoms with Gasteiger partial charge in [0.1, 0.15) is 0 Å². The van der Waals surface area contributed by atoms with E-state index in [1.165, 1.54) is 7.11 Å². The molecule has 0 spiro atoms. The predicted octanol–water partition coefficient (Wildman–Crippen LogP) is 0.757. The first-order valence-corrected chi connectivity index (χ1v) is 6.55. The van der Waals surface area contributed by atoms with E-state index in [0.717, 1.165) is 25.1 Å². The van der Waals surface area contributed by atoms with Crippen molar-refractivity contribution in [1.82, 2.24) is 0 Å². The van der Waals surface area contributed by atoms with Crippen LogP contribution in [-0.2, 0) is 9.53 Å². The largest absolute Gasteiger partial charge is 0.465 e. The summed E-state index contributed by atoms with van der Waals surface area (Å²) in [6.45, 7) is 1.40. The number of carbonyl (C=O) groups is 2. The van der Waals surface area contributed by atoms with E-state index in [4.69, 9.17) is 16.2 Å². The highest BCUT2D eigenvalue weighted by Crippen LogP contribution is 2.26. The second-order valence-electron chi connectivity index (χ2n) is 4.95. The zero-order valence-corrected chi connectivity index (χ0v) is 11.5. The van der Waals surface area contributed by atoms with Crippen molar-refractivity contribution in [3.05, 3.63) is 23.8 Å². The number of ether oxygens (including phenoxy) is 1. The van der Waals surface area contributed by atoms with Gasteiger partial charge in [-0.15, -0.1) is 0 Å². The third-order valence-corrected chi connectivity index (χ3v) is 3.63. The Kier molecular flexibility index (Phi) is 4.12. The molecule has 1 amide bonds. The first kappa shape index (κ1) is 14.2. The van der Waals surface area contributed by atoms with Crippen molar-refractivity contribution in [2.24, 2.45) is 11.7 Å². The maximum Gasteiger partial charge on any atom is 0.340 e. The van der Waals surface area contributed by atoms with E-state index in [1.807, 2.05) is 11.0 Å². The van der Waals surface area contributed by atoms with Gasteiger partial charge >= 0.3 is 5.97 Å². The SMILES string of the molecule is COC(=O)c1cc(N2CCCC(C(N)=O)C2)ccc1N. The maximum atomic E-state index is 11.6. The number of esters is 1. The van der Waals surface area contributed by atoms with E-state index in [0.29, 0.717) is 17.8 Å². The van der Waals surface area contributed by atoms with Gasteiger partial charge in [-0.05, 0) is 31.0 Å². The fourth-order valence-corrected chi connectivity index (χ4v) is 2.47. The van der Waals surface area contributed by atoms with Crippen LogP contribution in [0, 0.1) is 5.92 Å². The molecule has 108 valence electrons. The lowest BCUT2D eigenvalue weighted by Gasteiger charge is -2.33. The number of carbonyl (C=O) groups excluding carboxylic acids is 2. The summed E-state index contributed by atoms with van der Waals surface area (Å²) in [4.78, 5) is 25.0. The van der Waals surface area contributed by atoms with Crippen LogP contribution in [0.3, 0.4) is 0 Å². The number of rotatable bonds is 3. The second-order valence-corrected chi connectivity index (χ2v) is 4.95. The van der Waals surface area contributed by atoms with Crippen LogP contribution in [0.2, 0.25) is 0 Å². The summed E-state index contributed by atoms with van der Waals surface area (Å²) in [5, 5.41) is 0. The Morgan fingerprint density at radius 1 is 1.40 bits per heavy atom. The second kappa shape index (κ2) is 5.81. The van der Waals surface area contributed by atoms with Gasteiger partial charge in [0, 0.05) is 24.5 Å². The van der Waals surface area contributed by atoms with E-state index in [2.05, 4.69) is 0 Å². The van der Waals surface area contributed by atoms with Crippen molar-refractivity contribution in [2.75, 3.05) is 30.8 Å². The molecule has 1 aromatic rings. The van der Waals surface area contributed by atoms with Crippen LogP contribution < -0.4 is 16.4 Å². The molecule has 0 bridgehead atoms. The maximum absolute atomic E-state index is 11.6. The molecule has 0 aliphatic carbocycles. The number of amides is 1. The van der Waals surface area contributed by atoms with E-state index < -0.39 is 5.97 Å². The first-order valence-electron chi connectivity index (χ1n) is 6.55. The van der Waals surface area contributed by atoms with Gasteiger partial charge in [-0.3, -0.25) is 4.79 Å². The number of nitrogen functional groups attached to an aromatic ring is 1. The molecular weight excluding hydrogens is 258 g/mol. The summed E-state index contributed by atoms with van der Waals surface area (Å²) < 4.78 is 4.71. The average Bonchev–Trinajstić information content (AvgIpc) is 2.47. The molecule has 1 aliphatic heterocycles. The van der Waals surface area contributed by atoms with Gasteiger partial charge in [-0.2, -0.15) is 0 Å². The van der Waals surface area contributed by atoms with Crippen LogP contribution in [0.5, 0.6) is 0 Å². The van der Waals surface area contributed by atoms with Gasteiger partial charge in [0.15, 0.2) is 0 Å². The number of methoxy groups -OCH3 is 1. The van der Waals surface area contributed by atoms with Crippen molar-refractivity contribution in [3.8, 4) is 0 Å². The highest BCUT2D eigenvalue weighted by molar-refractivity contribution is 5.96. The number of hydrogen-bond donors (Lipinski definition) is 2. The number of primary amides is 1. The molecule has 0 radical (unpaired) electrons. The Labute approximate surface area is 117 Å². The molecule has 6 nitrogen and oxygen atoms in total. The highest BCUT2D eigenvalue weighted by atomic mass is 16.5. The van der Waals surface area contributed by atoms with Crippen LogP contribution in [0.4, 0.5) is 11.4 Å². The molecular formula is C14H19N3O3. The normalized spacial score (nSPS) is 18.6. The molecule has 1 saturated heterocycles. The van der Waals surface area contributed by atoms with Gasteiger partial charge in [0.05, 0.1) is 18.6 Å². The number of nitrogens with zero attached hydrogens (tertiary/aromatic N) is 1. The lowest BCUT2D eigenvalue weighted by Crippen LogP contribution is -2.41. The van der Waals surface area contributed by atoms with Gasteiger partial charge in [0.2, 0.25) is 5.91 Å². The monoisotopic (exact) mass is 277 g/mol. The number of hydrogen-bond acceptors (Lipinski definition) is 5. The summed E-state index contributed by atoms with van der Waals surface area (Å²) in [6.07, 6.45) is 1.70. The molecule has 2 rings (SSSR count). The fourth-order valence-electron chi connectivity index (χ4n) is 2.47. The predicted molar refractivity (Wildman–Crippen MR) is 76.3 cm³/mol. The zero-order chi connectivity index (χ0) is 14.7. The minimum absolute atomic E-state index is 0.150. The van der Waals surface area contributed by atoms with Crippen LogP contribution in [0.1, 0.15) is 23.2 Å². The summed E-state index contributed by atoms with van der Waals surface area (Å²) in [5.74, 6) is -0.894. The minimum atomic E-state index is -0.465. The summed E-state index contributed by atoms with van der Waals surface area (Å²) >= 11 is 0. The molecule has 1 atom stereocenters. The number of anilines is 2. The Bertz CT molecular complexity index is 530. The van der Waals surface area contributed by atoms with Crippen molar-refractivity contribution in [1.29, 1.82) is 0 Å². The Hall–Kier alpha value is -2.24. The quantitative estimate of drug-likeness (QED) is 0.627. The van der Waals surface area contributed by atoms with E-state index in [-0.39, 0.29) is 11.8 Å². The standard InChI is InChI=1S/C14H19N3O3/c1-20-14(19)11-7-10(4-5-12(11)15)17-6-2-3-9(8-17)13(16)18/h4-5,7,9H,2-3,6,8,15H2,1H3,(H2,16,18). The van der Waals surface area contributed by atoms with Crippen LogP contribution in [-0.4, -0.2) is 32.1 Å². The zero-order valence-electron chi connectivity index (χ0n) is 11.5. The molecule has 4 N–H and O–H groups in total. The van der Waals surface area contributed by atoms with Gasteiger partial charge < -0.3 is 21.1 Å². The molecule has 6 heteroatoms. The lowest BCUT2D eigenvalue weighted by atomic mass is 9.96. The molecule has 0 saturated carbocycles. The third-order valence-electron chi connectivity index (χ3n) is 3.63. The average molecular weight is 277 g/mol. The van der Waals surface area contributed by atoms with Crippen LogP contribution >= 0.6 is 0 Å². The van der Waals surface area contributed by atoms with Crippen LogP contribution in [0.25, 0.3) is 0 Å². The summed E-state index contributed by atoms with van der Waals surface area (Å²) in [6, 6.07) is 5.21. The molecule has 0 aromatic heterocycles. The molecule has 1 aliphatic rings. The van der Waals surface area contributed by atoms with E-state index in [9.17, 15) is 9.59 Å². The van der Waals surface area contributed by atoms with Gasteiger partial charge in [-0.25, -0.2) is 4.79 Å². The third kappa shape index (κ3) is 2.84. The Balaban J connectivity index is 2.24. The fraction of sp³-hybridized carbons (Fsp3) is 0.429.